The minimum absolute atomic E-state index is 0.0194. The van der Waals surface area contributed by atoms with E-state index in [4.69, 9.17) is 17.5 Å². The lowest BCUT2D eigenvalue weighted by Crippen LogP contribution is -2.24. The third-order valence-electron chi connectivity index (χ3n) is 1.57. The summed E-state index contributed by atoms with van der Waals surface area (Å²) < 4.78 is 13.1. The van der Waals surface area contributed by atoms with Crippen LogP contribution in [-0.4, -0.2) is 12.2 Å². The van der Waals surface area contributed by atoms with Crippen LogP contribution in [0.1, 0.15) is 5.56 Å². The molecule has 0 bridgehead atoms. The van der Waals surface area contributed by atoms with E-state index in [1.807, 2.05) is 0 Å². The van der Waals surface area contributed by atoms with Crippen molar-refractivity contribution < 1.29 is 4.39 Å². The quantitative estimate of drug-likeness (QED) is 0.690. The predicted octanol–water partition coefficient (Wildman–Crippen LogP) is 1.61. The monoisotopic (exact) mass is 209 g/mol. The van der Waals surface area contributed by atoms with Crippen LogP contribution in [-0.2, 0) is 0 Å². The maximum absolute atomic E-state index is 13.1. The summed E-state index contributed by atoms with van der Waals surface area (Å²) in [6, 6.07) is 5.95. The van der Waals surface area contributed by atoms with Gasteiger partial charge in [0, 0.05) is 12.7 Å². The minimum Gasteiger partial charge on any atom is -0.366 e. The molecule has 0 aromatic heterocycles. The van der Waals surface area contributed by atoms with E-state index >= 15 is 0 Å². The van der Waals surface area contributed by atoms with Crippen LogP contribution in [0.15, 0.2) is 18.2 Å². The molecule has 0 unspecified atom stereocenters. The van der Waals surface area contributed by atoms with Gasteiger partial charge in [0.05, 0.1) is 5.56 Å². The second-order valence-electron chi connectivity index (χ2n) is 2.51. The number of benzene rings is 1. The van der Waals surface area contributed by atoms with Crippen LogP contribution in [0, 0.1) is 17.1 Å². The normalized spacial score (nSPS) is 8.93. The van der Waals surface area contributed by atoms with Gasteiger partial charge >= 0.3 is 0 Å². The topological polar surface area (TPSA) is 47.8 Å². The Morgan fingerprint density at radius 2 is 2.29 bits per heavy atom. The third-order valence-corrected chi connectivity index (χ3v) is 1.88. The number of nitrogens with zero attached hydrogens (tertiary/aromatic N) is 1. The van der Waals surface area contributed by atoms with Gasteiger partial charge in [-0.25, -0.2) is 4.39 Å². The Kier molecular flexibility index (Phi) is 3.37. The van der Waals surface area contributed by atoms with Crippen LogP contribution in [0.25, 0.3) is 0 Å². The van der Waals surface area contributed by atoms with Crippen molar-refractivity contribution in [3.63, 3.8) is 0 Å². The van der Waals surface area contributed by atoms with Gasteiger partial charge in [0.25, 0.3) is 0 Å². The molecule has 1 rings (SSSR count). The molecular weight excluding hydrogens is 201 g/mol. The SMILES string of the molecule is CNC(=S)Nc1ccc(C#N)c(F)c1. The van der Waals surface area contributed by atoms with Crippen molar-refractivity contribution in [3.05, 3.63) is 29.6 Å². The van der Waals surface area contributed by atoms with E-state index < -0.39 is 5.82 Å². The van der Waals surface area contributed by atoms with Gasteiger partial charge in [0.1, 0.15) is 11.9 Å². The first-order valence-corrected chi connectivity index (χ1v) is 4.26. The molecular formula is C9H8FN3S. The van der Waals surface area contributed by atoms with Crippen LogP contribution in [0.5, 0.6) is 0 Å². The summed E-state index contributed by atoms with van der Waals surface area (Å²) in [7, 11) is 1.66. The number of hydrogen-bond acceptors (Lipinski definition) is 2. The largest absolute Gasteiger partial charge is 0.366 e. The molecule has 0 fully saturated rings. The van der Waals surface area contributed by atoms with E-state index in [9.17, 15) is 4.39 Å². The highest BCUT2D eigenvalue weighted by Gasteiger charge is 2.02. The van der Waals surface area contributed by atoms with Gasteiger partial charge in [-0.2, -0.15) is 5.26 Å². The van der Waals surface area contributed by atoms with E-state index in [0.717, 1.165) is 0 Å². The molecule has 72 valence electrons. The summed E-state index contributed by atoms with van der Waals surface area (Å²) in [4.78, 5) is 0. The summed E-state index contributed by atoms with van der Waals surface area (Å²) in [5.41, 5.74) is 0.534. The molecule has 1 aromatic carbocycles. The molecule has 3 nitrogen and oxygen atoms in total. The molecule has 0 radical (unpaired) electrons. The van der Waals surface area contributed by atoms with Crippen LogP contribution in [0.2, 0.25) is 0 Å². The number of hydrogen-bond donors (Lipinski definition) is 2. The van der Waals surface area contributed by atoms with Crippen molar-refractivity contribution in [1.29, 1.82) is 5.26 Å². The Morgan fingerprint density at radius 1 is 1.57 bits per heavy atom. The average molecular weight is 209 g/mol. The summed E-state index contributed by atoms with van der Waals surface area (Å²) >= 11 is 4.83. The van der Waals surface area contributed by atoms with Gasteiger partial charge in [-0.3, -0.25) is 0 Å². The van der Waals surface area contributed by atoms with E-state index in [1.54, 1.807) is 19.2 Å². The first-order valence-electron chi connectivity index (χ1n) is 3.85. The van der Waals surface area contributed by atoms with Crippen LogP contribution >= 0.6 is 12.2 Å². The van der Waals surface area contributed by atoms with Gasteiger partial charge in [-0.15, -0.1) is 0 Å². The molecule has 14 heavy (non-hydrogen) atoms. The van der Waals surface area contributed by atoms with Crippen LogP contribution in [0.3, 0.4) is 0 Å². The highest BCUT2D eigenvalue weighted by Crippen LogP contribution is 2.13. The maximum Gasteiger partial charge on any atom is 0.170 e. The van der Waals surface area contributed by atoms with Crippen molar-refractivity contribution in [1.82, 2.24) is 5.32 Å². The number of nitriles is 1. The summed E-state index contributed by atoms with van der Waals surface area (Å²) in [6.45, 7) is 0. The molecule has 2 N–H and O–H groups in total. The van der Waals surface area contributed by atoms with E-state index in [1.165, 1.54) is 12.1 Å². The van der Waals surface area contributed by atoms with Gasteiger partial charge < -0.3 is 10.6 Å². The lowest BCUT2D eigenvalue weighted by molar-refractivity contribution is 0.624. The van der Waals surface area contributed by atoms with E-state index in [0.29, 0.717) is 10.8 Å². The number of halogens is 1. The molecule has 0 aliphatic rings. The molecule has 0 aliphatic heterocycles. The standard InChI is InChI=1S/C9H8FN3S/c1-12-9(14)13-7-3-2-6(5-11)8(10)4-7/h2-4H,1H3,(H2,12,13,14). The van der Waals surface area contributed by atoms with Gasteiger partial charge in [0.15, 0.2) is 5.11 Å². The average Bonchev–Trinajstić information content (AvgIpc) is 2.18. The Morgan fingerprint density at radius 3 is 2.79 bits per heavy atom. The van der Waals surface area contributed by atoms with Crippen molar-refractivity contribution >= 4 is 23.0 Å². The molecule has 0 heterocycles. The number of anilines is 1. The second kappa shape index (κ2) is 4.53. The van der Waals surface area contributed by atoms with E-state index in [-0.39, 0.29) is 5.56 Å². The van der Waals surface area contributed by atoms with Crippen molar-refractivity contribution in [3.8, 4) is 6.07 Å². The molecule has 0 amide bonds. The number of thiocarbonyl (C=S) groups is 1. The zero-order valence-corrected chi connectivity index (χ0v) is 8.28. The zero-order chi connectivity index (χ0) is 10.6. The van der Waals surface area contributed by atoms with Crippen LogP contribution < -0.4 is 10.6 Å². The first-order chi connectivity index (χ1) is 6.67. The zero-order valence-electron chi connectivity index (χ0n) is 7.47. The first kappa shape index (κ1) is 10.4. The maximum atomic E-state index is 13.1. The second-order valence-corrected chi connectivity index (χ2v) is 2.92. The lowest BCUT2D eigenvalue weighted by atomic mass is 10.2. The fourth-order valence-electron chi connectivity index (χ4n) is 0.877. The van der Waals surface area contributed by atoms with Gasteiger partial charge in [0.2, 0.25) is 0 Å². The molecule has 0 spiro atoms. The smallest absolute Gasteiger partial charge is 0.170 e. The van der Waals surface area contributed by atoms with Crippen molar-refractivity contribution in [2.45, 2.75) is 0 Å². The Bertz CT molecular complexity index is 398. The predicted molar refractivity (Wildman–Crippen MR) is 56.4 cm³/mol. The summed E-state index contributed by atoms with van der Waals surface area (Å²) in [5.74, 6) is -0.559. The van der Waals surface area contributed by atoms with Gasteiger partial charge in [-0.1, -0.05) is 0 Å². The molecule has 0 saturated heterocycles. The molecule has 0 atom stereocenters. The number of rotatable bonds is 1. The van der Waals surface area contributed by atoms with Gasteiger partial charge in [-0.05, 0) is 30.4 Å². The van der Waals surface area contributed by atoms with E-state index in [2.05, 4.69) is 10.6 Å². The molecule has 5 heteroatoms. The summed E-state index contributed by atoms with van der Waals surface area (Å²) in [5, 5.41) is 14.3. The molecule has 1 aromatic rings. The highest BCUT2D eigenvalue weighted by atomic mass is 32.1. The number of nitrogens with one attached hydrogen (secondary N) is 2. The van der Waals surface area contributed by atoms with Crippen LogP contribution in [0.4, 0.5) is 10.1 Å². The Hall–Kier alpha value is -1.67. The Labute approximate surface area is 86.5 Å². The third kappa shape index (κ3) is 2.41. The highest BCUT2D eigenvalue weighted by molar-refractivity contribution is 7.80. The fraction of sp³-hybridized carbons (Fsp3) is 0.111. The van der Waals surface area contributed by atoms with Crippen molar-refractivity contribution in [2.24, 2.45) is 0 Å². The van der Waals surface area contributed by atoms with Crippen molar-refractivity contribution in [2.75, 3.05) is 12.4 Å². The lowest BCUT2D eigenvalue weighted by Gasteiger charge is -2.06. The Balaban J connectivity index is 2.88. The fourth-order valence-corrected chi connectivity index (χ4v) is 0.995. The molecule has 0 saturated carbocycles. The minimum atomic E-state index is -0.559. The molecule has 0 aliphatic carbocycles. The summed E-state index contributed by atoms with van der Waals surface area (Å²) in [6.07, 6.45) is 0.